The van der Waals surface area contributed by atoms with Crippen LogP contribution < -0.4 is 14.1 Å². The summed E-state index contributed by atoms with van der Waals surface area (Å²) in [6.45, 7) is 0. The SMILES string of the molecule is COc1ccc2c(c1)sc(N=NN=c1sc3ccccc3n1C)[n+]2C. The van der Waals surface area contributed by atoms with Gasteiger partial charge in [-0.1, -0.05) is 28.6 Å². The lowest BCUT2D eigenvalue weighted by Crippen LogP contribution is -2.25. The monoisotopic (exact) mass is 370 g/mol. The van der Waals surface area contributed by atoms with Gasteiger partial charge in [-0.2, -0.15) is 0 Å². The van der Waals surface area contributed by atoms with E-state index in [-0.39, 0.29) is 0 Å². The molecule has 0 radical (unpaired) electrons. The quantitative estimate of drug-likeness (QED) is 0.307. The van der Waals surface area contributed by atoms with Crippen LogP contribution in [0, 0.1) is 0 Å². The van der Waals surface area contributed by atoms with Gasteiger partial charge in [0, 0.05) is 13.1 Å². The summed E-state index contributed by atoms with van der Waals surface area (Å²) in [5.74, 6) is 0.833. The number of ether oxygens (including phenoxy) is 1. The Morgan fingerprint density at radius 3 is 2.72 bits per heavy atom. The first-order valence-corrected chi connectivity index (χ1v) is 9.26. The standard InChI is InChI=1S/C17H16N5OS2/c1-21-12-6-4-5-7-14(12)24-16(21)18-20-19-17-22(2)13-9-8-11(23-3)10-15(13)25-17/h4-10H,1-3H3/q+1. The van der Waals surface area contributed by atoms with Gasteiger partial charge in [0.05, 0.1) is 34.3 Å². The lowest BCUT2D eigenvalue weighted by molar-refractivity contribution is -0.627. The summed E-state index contributed by atoms with van der Waals surface area (Å²) in [7, 11) is 5.62. The number of benzene rings is 2. The van der Waals surface area contributed by atoms with E-state index < -0.39 is 0 Å². The van der Waals surface area contributed by atoms with Crippen LogP contribution in [0.3, 0.4) is 0 Å². The molecule has 0 saturated heterocycles. The van der Waals surface area contributed by atoms with Crippen LogP contribution in [0.15, 0.2) is 57.9 Å². The maximum Gasteiger partial charge on any atom is 0.411 e. The highest BCUT2D eigenvalue weighted by Crippen LogP contribution is 2.29. The summed E-state index contributed by atoms with van der Waals surface area (Å²) >= 11 is 3.15. The molecule has 4 aromatic rings. The van der Waals surface area contributed by atoms with Crippen molar-refractivity contribution < 1.29 is 9.30 Å². The number of rotatable bonds is 3. The van der Waals surface area contributed by atoms with E-state index >= 15 is 0 Å². The Labute approximate surface area is 152 Å². The number of nitrogens with zero attached hydrogens (tertiary/aromatic N) is 5. The predicted octanol–water partition coefficient (Wildman–Crippen LogP) is 3.89. The van der Waals surface area contributed by atoms with E-state index in [9.17, 15) is 0 Å². The smallest absolute Gasteiger partial charge is 0.411 e. The second-order valence-corrected chi connectivity index (χ2v) is 7.50. The number of methoxy groups -OCH3 is 1. The molecule has 0 spiro atoms. The van der Waals surface area contributed by atoms with Crippen LogP contribution >= 0.6 is 22.7 Å². The molecule has 0 unspecified atom stereocenters. The van der Waals surface area contributed by atoms with Crippen LogP contribution in [0.1, 0.15) is 0 Å². The van der Waals surface area contributed by atoms with Crippen molar-refractivity contribution in [3.8, 4) is 5.75 Å². The molecule has 0 bridgehead atoms. The molecule has 2 aromatic heterocycles. The summed E-state index contributed by atoms with van der Waals surface area (Å²) in [4.78, 5) is 0.815. The molecular weight excluding hydrogens is 354 g/mol. The van der Waals surface area contributed by atoms with E-state index in [1.54, 1.807) is 29.8 Å². The zero-order chi connectivity index (χ0) is 17.4. The van der Waals surface area contributed by atoms with Gasteiger partial charge in [0.25, 0.3) is 0 Å². The van der Waals surface area contributed by atoms with Crippen LogP contribution in [0.2, 0.25) is 0 Å². The Balaban J connectivity index is 1.72. The molecule has 0 fully saturated rings. The first-order chi connectivity index (χ1) is 12.2. The van der Waals surface area contributed by atoms with Crippen LogP contribution in [-0.2, 0) is 14.1 Å². The Morgan fingerprint density at radius 1 is 1.08 bits per heavy atom. The van der Waals surface area contributed by atoms with E-state index in [4.69, 9.17) is 4.74 Å². The highest BCUT2D eigenvalue weighted by atomic mass is 32.1. The van der Waals surface area contributed by atoms with Gasteiger partial charge < -0.3 is 9.30 Å². The van der Waals surface area contributed by atoms with E-state index in [0.29, 0.717) is 0 Å². The number of hydrogen-bond acceptors (Lipinski definition) is 5. The second-order valence-electron chi connectivity index (χ2n) is 5.48. The fourth-order valence-electron chi connectivity index (χ4n) is 2.61. The minimum atomic E-state index is 0.788. The molecule has 0 aliphatic heterocycles. The molecule has 0 amide bonds. The van der Waals surface area contributed by atoms with Crippen molar-refractivity contribution in [3.63, 3.8) is 0 Å². The van der Waals surface area contributed by atoms with Gasteiger partial charge in [-0.05, 0) is 35.6 Å². The van der Waals surface area contributed by atoms with Crippen LogP contribution in [0.25, 0.3) is 20.4 Å². The molecule has 0 N–H and O–H groups in total. The number of fused-ring (bicyclic) bond motifs is 2. The second kappa shape index (κ2) is 6.38. The average molecular weight is 370 g/mol. The van der Waals surface area contributed by atoms with Gasteiger partial charge in [-0.25, -0.2) is 4.57 Å². The van der Waals surface area contributed by atoms with Gasteiger partial charge in [0.1, 0.15) is 16.4 Å². The molecule has 2 heterocycles. The van der Waals surface area contributed by atoms with Gasteiger partial charge >= 0.3 is 5.13 Å². The van der Waals surface area contributed by atoms with Crippen LogP contribution in [0.5, 0.6) is 5.75 Å². The normalized spacial score (nSPS) is 12.7. The maximum absolute atomic E-state index is 5.28. The molecule has 4 rings (SSSR count). The summed E-state index contributed by atoms with van der Waals surface area (Å²) in [5.41, 5.74) is 2.23. The molecule has 0 aliphatic carbocycles. The van der Waals surface area contributed by atoms with Crippen molar-refractivity contribution in [2.24, 2.45) is 29.5 Å². The minimum Gasteiger partial charge on any atom is -0.497 e. The van der Waals surface area contributed by atoms with Crippen molar-refractivity contribution in [1.29, 1.82) is 0 Å². The van der Waals surface area contributed by atoms with Crippen molar-refractivity contribution in [2.45, 2.75) is 0 Å². The largest absolute Gasteiger partial charge is 0.497 e. The number of aryl methyl sites for hydroxylation is 2. The van der Waals surface area contributed by atoms with Gasteiger partial charge in [0.2, 0.25) is 4.80 Å². The van der Waals surface area contributed by atoms with Crippen molar-refractivity contribution in [3.05, 3.63) is 47.3 Å². The van der Waals surface area contributed by atoms with E-state index in [1.807, 2.05) is 53.6 Å². The van der Waals surface area contributed by atoms with Crippen LogP contribution in [-0.4, -0.2) is 11.7 Å². The van der Waals surface area contributed by atoms with Gasteiger partial charge in [0.15, 0.2) is 0 Å². The van der Waals surface area contributed by atoms with Gasteiger partial charge in [-0.3, -0.25) is 0 Å². The van der Waals surface area contributed by atoms with E-state index in [2.05, 4.69) is 27.6 Å². The van der Waals surface area contributed by atoms with Crippen molar-refractivity contribution in [1.82, 2.24) is 4.57 Å². The Hall–Kier alpha value is -2.58. The molecule has 0 aliphatic rings. The molecular formula is C17H16N5OS2+. The summed E-state index contributed by atoms with van der Waals surface area (Å²) in [5, 5.41) is 13.4. The van der Waals surface area contributed by atoms with E-state index in [1.165, 1.54) is 4.70 Å². The first-order valence-electron chi connectivity index (χ1n) is 7.63. The number of para-hydroxylation sites is 1. The molecule has 8 heteroatoms. The third-order valence-corrected chi connectivity index (χ3v) is 6.18. The predicted molar refractivity (Wildman–Crippen MR) is 100 cm³/mol. The Bertz CT molecular complexity index is 1170. The van der Waals surface area contributed by atoms with Crippen LogP contribution in [0.4, 0.5) is 5.13 Å². The first kappa shape index (κ1) is 15.9. The average Bonchev–Trinajstić information content (AvgIpc) is 3.12. The summed E-state index contributed by atoms with van der Waals surface area (Å²) in [6, 6.07) is 14.2. The fourth-order valence-corrected chi connectivity index (χ4v) is 4.57. The highest BCUT2D eigenvalue weighted by molar-refractivity contribution is 7.21. The number of hydrogen-bond donors (Lipinski definition) is 0. The topological polar surface area (TPSA) is 55.1 Å². The highest BCUT2D eigenvalue weighted by Gasteiger charge is 2.16. The lowest BCUT2D eigenvalue weighted by atomic mass is 10.3. The molecule has 6 nitrogen and oxygen atoms in total. The summed E-state index contributed by atoms with van der Waals surface area (Å²) in [6.07, 6.45) is 0. The Morgan fingerprint density at radius 2 is 1.92 bits per heavy atom. The molecule has 126 valence electrons. The zero-order valence-corrected chi connectivity index (χ0v) is 15.6. The molecule has 0 atom stereocenters. The lowest BCUT2D eigenvalue weighted by Gasteiger charge is -1.96. The zero-order valence-electron chi connectivity index (χ0n) is 14.0. The summed E-state index contributed by atoms with van der Waals surface area (Å²) < 4.78 is 11.6. The van der Waals surface area contributed by atoms with Gasteiger partial charge in [-0.15, -0.1) is 0 Å². The van der Waals surface area contributed by atoms with Crippen molar-refractivity contribution >= 4 is 48.2 Å². The molecule has 0 saturated carbocycles. The Kier molecular flexibility index (Phi) is 4.06. The molecule has 2 aromatic carbocycles. The third-order valence-electron chi connectivity index (χ3n) is 3.99. The van der Waals surface area contributed by atoms with Crippen molar-refractivity contribution in [2.75, 3.05) is 7.11 Å². The maximum atomic E-state index is 5.28. The minimum absolute atomic E-state index is 0.788. The fraction of sp³-hybridized carbons (Fsp3) is 0.176. The molecule has 25 heavy (non-hydrogen) atoms. The number of thiazole rings is 2. The third kappa shape index (κ3) is 2.83. The van der Waals surface area contributed by atoms with E-state index in [0.717, 1.165) is 31.4 Å². The number of aromatic nitrogens is 2.